The van der Waals surface area contributed by atoms with Crippen LogP contribution in [0, 0.1) is 6.92 Å². The Labute approximate surface area is 104 Å². The van der Waals surface area contributed by atoms with E-state index in [1.807, 2.05) is 19.1 Å². The maximum absolute atomic E-state index is 5.91. The molecule has 2 aromatic heterocycles. The number of hydrogen-bond donors (Lipinski definition) is 1. The van der Waals surface area contributed by atoms with Crippen LogP contribution in [0.15, 0.2) is 22.9 Å². The first-order valence-electron chi connectivity index (χ1n) is 5.84. The Morgan fingerprint density at radius 2 is 2.28 bits per heavy atom. The molecule has 0 aliphatic carbocycles. The molecule has 3 heterocycles. The van der Waals surface area contributed by atoms with Gasteiger partial charge in [-0.3, -0.25) is 4.98 Å². The summed E-state index contributed by atoms with van der Waals surface area (Å²) in [6.07, 6.45) is 1.73. The predicted octanol–water partition coefficient (Wildman–Crippen LogP) is 0.881. The zero-order valence-electron chi connectivity index (χ0n) is 10.0. The molecule has 0 spiro atoms. The Morgan fingerprint density at radius 1 is 1.39 bits per heavy atom. The van der Waals surface area contributed by atoms with Gasteiger partial charge in [-0.05, 0) is 24.6 Å². The van der Waals surface area contributed by atoms with Gasteiger partial charge in [0, 0.05) is 12.2 Å². The summed E-state index contributed by atoms with van der Waals surface area (Å²) in [4.78, 5) is 8.58. The second kappa shape index (κ2) is 4.47. The lowest BCUT2D eigenvalue weighted by Gasteiger charge is -2.06. The first kappa shape index (κ1) is 11.3. The number of hydrogen-bond acceptors (Lipinski definition) is 6. The van der Waals surface area contributed by atoms with E-state index in [0.717, 1.165) is 5.56 Å². The highest BCUT2D eigenvalue weighted by Crippen LogP contribution is 2.24. The molecular weight excluding hydrogens is 232 g/mol. The van der Waals surface area contributed by atoms with E-state index in [1.165, 1.54) is 0 Å². The van der Waals surface area contributed by atoms with Crippen molar-refractivity contribution in [2.75, 3.05) is 13.2 Å². The normalized spacial score (nSPS) is 23.4. The van der Waals surface area contributed by atoms with Crippen LogP contribution in [0.2, 0.25) is 0 Å². The molecule has 94 valence electrons. The molecule has 6 heteroatoms. The van der Waals surface area contributed by atoms with Crippen molar-refractivity contribution in [3.8, 4) is 11.5 Å². The highest BCUT2D eigenvalue weighted by molar-refractivity contribution is 5.49. The zero-order chi connectivity index (χ0) is 12.5. The maximum atomic E-state index is 5.91. The van der Waals surface area contributed by atoms with Crippen molar-refractivity contribution in [1.29, 1.82) is 0 Å². The second-order valence-electron chi connectivity index (χ2n) is 4.48. The molecule has 2 atom stereocenters. The van der Waals surface area contributed by atoms with Gasteiger partial charge in [0.1, 0.15) is 5.69 Å². The van der Waals surface area contributed by atoms with Gasteiger partial charge in [0.05, 0.1) is 19.1 Å². The van der Waals surface area contributed by atoms with Gasteiger partial charge in [0.25, 0.3) is 0 Å². The molecule has 1 aliphatic rings. The molecule has 1 aliphatic heterocycles. The summed E-state index contributed by atoms with van der Waals surface area (Å²) in [6.45, 7) is 3.06. The lowest BCUT2D eigenvalue weighted by molar-refractivity contribution is 0.187. The minimum absolute atomic E-state index is 0.0175. The Morgan fingerprint density at radius 3 is 3.00 bits per heavy atom. The first-order valence-corrected chi connectivity index (χ1v) is 5.84. The number of nitrogens with two attached hydrogens (primary N) is 1. The molecule has 0 bridgehead atoms. The van der Waals surface area contributed by atoms with Gasteiger partial charge in [-0.25, -0.2) is 0 Å². The maximum Gasteiger partial charge on any atom is 0.234 e. The van der Waals surface area contributed by atoms with Crippen molar-refractivity contribution >= 4 is 0 Å². The van der Waals surface area contributed by atoms with E-state index >= 15 is 0 Å². The lowest BCUT2D eigenvalue weighted by atomic mass is 10.1. The van der Waals surface area contributed by atoms with Crippen LogP contribution in [0.5, 0.6) is 0 Å². The summed E-state index contributed by atoms with van der Waals surface area (Å²) in [7, 11) is 0. The van der Waals surface area contributed by atoms with Crippen LogP contribution in [-0.2, 0) is 4.74 Å². The summed E-state index contributed by atoms with van der Waals surface area (Å²) in [5, 5.41) is 3.95. The van der Waals surface area contributed by atoms with Gasteiger partial charge in [-0.2, -0.15) is 4.98 Å². The third kappa shape index (κ3) is 2.00. The summed E-state index contributed by atoms with van der Waals surface area (Å²) >= 11 is 0. The molecule has 2 aromatic rings. The van der Waals surface area contributed by atoms with Crippen LogP contribution in [0.25, 0.3) is 11.5 Å². The molecule has 6 nitrogen and oxygen atoms in total. The van der Waals surface area contributed by atoms with Gasteiger partial charge < -0.3 is 15.0 Å². The number of aromatic nitrogens is 3. The third-order valence-electron chi connectivity index (χ3n) is 3.03. The average Bonchev–Trinajstić information content (AvgIpc) is 2.97. The van der Waals surface area contributed by atoms with Crippen molar-refractivity contribution in [1.82, 2.24) is 15.1 Å². The zero-order valence-corrected chi connectivity index (χ0v) is 10.0. The van der Waals surface area contributed by atoms with Crippen LogP contribution in [0.4, 0.5) is 0 Å². The number of ether oxygens (including phenoxy) is 1. The Kier molecular flexibility index (Phi) is 2.81. The van der Waals surface area contributed by atoms with Gasteiger partial charge in [0.15, 0.2) is 0 Å². The Balaban J connectivity index is 1.89. The minimum atomic E-state index is -0.0798. The van der Waals surface area contributed by atoms with Crippen molar-refractivity contribution in [3.63, 3.8) is 0 Å². The van der Waals surface area contributed by atoms with Gasteiger partial charge in [0.2, 0.25) is 11.7 Å². The lowest BCUT2D eigenvalue weighted by Crippen LogP contribution is -2.26. The van der Waals surface area contributed by atoms with Crippen LogP contribution in [0.3, 0.4) is 0 Å². The van der Waals surface area contributed by atoms with Crippen molar-refractivity contribution in [3.05, 3.63) is 29.8 Å². The van der Waals surface area contributed by atoms with E-state index in [-0.39, 0.29) is 12.0 Å². The monoisotopic (exact) mass is 246 g/mol. The minimum Gasteiger partial charge on any atom is -0.379 e. The topological polar surface area (TPSA) is 87.1 Å². The standard InChI is InChI=1S/C12H14N4O2/c1-7-2-3-14-10(4-7)11-15-12(18-16-11)8-5-17-6-9(8)13/h2-4,8-9H,5-6,13H2,1H3. The van der Waals surface area contributed by atoms with Gasteiger partial charge in [-0.15, -0.1) is 0 Å². The molecule has 3 rings (SSSR count). The van der Waals surface area contributed by atoms with Gasteiger partial charge in [-0.1, -0.05) is 5.16 Å². The van der Waals surface area contributed by atoms with Crippen molar-refractivity contribution in [2.45, 2.75) is 18.9 Å². The second-order valence-corrected chi connectivity index (χ2v) is 4.48. The predicted molar refractivity (Wildman–Crippen MR) is 63.8 cm³/mol. The molecule has 2 unspecified atom stereocenters. The molecule has 0 aromatic carbocycles. The smallest absolute Gasteiger partial charge is 0.234 e. The quantitative estimate of drug-likeness (QED) is 0.846. The molecular formula is C12H14N4O2. The van der Waals surface area contributed by atoms with E-state index in [2.05, 4.69) is 15.1 Å². The average molecular weight is 246 g/mol. The Hall–Kier alpha value is -1.79. The molecule has 18 heavy (non-hydrogen) atoms. The number of pyridine rings is 1. The molecule has 0 amide bonds. The Bertz CT molecular complexity index is 555. The highest BCUT2D eigenvalue weighted by atomic mass is 16.5. The molecule has 0 radical (unpaired) electrons. The van der Waals surface area contributed by atoms with Crippen molar-refractivity contribution in [2.24, 2.45) is 5.73 Å². The first-order chi connectivity index (χ1) is 8.74. The van der Waals surface area contributed by atoms with E-state index in [1.54, 1.807) is 6.20 Å². The fourth-order valence-electron chi connectivity index (χ4n) is 1.97. The van der Waals surface area contributed by atoms with E-state index in [9.17, 15) is 0 Å². The van der Waals surface area contributed by atoms with Gasteiger partial charge >= 0.3 is 0 Å². The van der Waals surface area contributed by atoms with Crippen molar-refractivity contribution < 1.29 is 9.26 Å². The molecule has 1 fully saturated rings. The van der Waals surface area contributed by atoms with Crippen LogP contribution >= 0.6 is 0 Å². The number of nitrogens with zero attached hydrogens (tertiary/aromatic N) is 3. The van der Waals surface area contributed by atoms with Crippen LogP contribution in [0.1, 0.15) is 17.4 Å². The molecule has 0 saturated carbocycles. The van der Waals surface area contributed by atoms with E-state index < -0.39 is 0 Å². The summed E-state index contributed by atoms with van der Waals surface area (Å²) in [5.41, 5.74) is 7.72. The third-order valence-corrected chi connectivity index (χ3v) is 3.03. The molecule has 1 saturated heterocycles. The van der Waals surface area contributed by atoms with E-state index in [0.29, 0.717) is 30.6 Å². The number of aryl methyl sites for hydroxylation is 1. The van der Waals surface area contributed by atoms with E-state index in [4.69, 9.17) is 15.0 Å². The largest absolute Gasteiger partial charge is 0.379 e. The highest BCUT2D eigenvalue weighted by Gasteiger charge is 2.31. The fraction of sp³-hybridized carbons (Fsp3) is 0.417. The van der Waals surface area contributed by atoms with Crippen LogP contribution < -0.4 is 5.73 Å². The summed E-state index contributed by atoms with van der Waals surface area (Å²) in [5.74, 6) is 1.00. The summed E-state index contributed by atoms with van der Waals surface area (Å²) in [6, 6.07) is 3.76. The molecule has 2 N–H and O–H groups in total. The number of rotatable bonds is 2. The summed E-state index contributed by atoms with van der Waals surface area (Å²) < 4.78 is 10.5. The van der Waals surface area contributed by atoms with Crippen LogP contribution in [-0.4, -0.2) is 34.4 Å². The SMILES string of the molecule is Cc1ccnc(-c2noc(C3COCC3N)n2)c1. The fourth-order valence-corrected chi connectivity index (χ4v) is 1.97.